The summed E-state index contributed by atoms with van der Waals surface area (Å²) in [5, 5.41) is 2.72. The Kier molecular flexibility index (Phi) is 7.08. The lowest BCUT2D eigenvalue weighted by atomic mass is 10.1. The number of piperidine rings is 1. The minimum Gasteiger partial charge on any atom is -0.454 e. The van der Waals surface area contributed by atoms with E-state index in [0.29, 0.717) is 30.2 Å². The van der Waals surface area contributed by atoms with Crippen LogP contribution >= 0.6 is 0 Å². The summed E-state index contributed by atoms with van der Waals surface area (Å²) in [6, 6.07) is 9.76. The van der Waals surface area contributed by atoms with E-state index in [1.807, 2.05) is 0 Å². The van der Waals surface area contributed by atoms with Crippen molar-refractivity contribution in [2.45, 2.75) is 50.7 Å². The van der Waals surface area contributed by atoms with Gasteiger partial charge >= 0.3 is 5.97 Å². The van der Waals surface area contributed by atoms with Gasteiger partial charge in [0, 0.05) is 19.6 Å². The van der Waals surface area contributed by atoms with E-state index in [4.69, 9.17) is 14.2 Å². The fourth-order valence-corrected chi connectivity index (χ4v) is 5.68. The highest BCUT2D eigenvalue weighted by Crippen LogP contribution is 2.32. The number of carbonyl (C=O) groups is 2. The normalized spacial score (nSPS) is 16.6. The maximum atomic E-state index is 13.1. The van der Waals surface area contributed by atoms with Gasteiger partial charge in [-0.25, -0.2) is 13.2 Å². The monoisotopic (exact) mass is 488 g/mol. The zero-order valence-corrected chi connectivity index (χ0v) is 20.0. The highest BCUT2D eigenvalue weighted by molar-refractivity contribution is 7.89. The Morgan fingerprint density at radius 3 is 2.56 bits per heavy atom. The number of ether oxygens (including phenoxy) is 3. The molecule has 0 aromatic heterocycles. The summed E-state index contributed by atoms with van der Waals surface area (Å²) in [5.41, 5.74) is 1.44. The van der Waals surface area contributed by atoms with Crippen molar-refractivity contribution in [3.63, 3.8) is 0 Å². The maximum Gasteiger partial charge on any atom is 0.338 e. The Labute approximate surface area is 199 Å². The first-order chi connectivity index (χ1) is 16.3. The van der Waals surface area contributed by atoms with Crippen LogP contribution in [0.4, 0.5) is 0 Å². The molecule has 1 atom stereocenters. The summed E-state index contributed by atoms with van der Waals surface area (Å²) in [5.74, 6) is 0.0261. The maximum absolute atomic E-state index is 13.1. The average Bonchev–Trinajstić information content (AvgIpc) is 3.31. The lowest BCUT2D eigenvalue weighted by molar-refractivity contribution is -0.129. The molecule has 4 rings (SSSR count). The smallest absolute Gasteiger partial charge is 0.338 e. The standard InChI is InChI=1S/C24H28N2O7S/c1-16-6-8-19(13-22(16)34(29,30)26-10-4-3-5-11-26)24(28)33-17(2)23(27)25-14-18-7-9-20-21(12-18)32-15-31-20/h6-9,12-13,17H,3-5,10-11,14-15H2,1-2H3,(H,25,27). The van der Waals surface area contributed by atoms with Crippen molar-refractivity contribution in [2.24, 2.45) is 0 Å². The van der Waals surface area contributed by atoms with Crippen molar-refractivity contribution >= 4 is 21.9 Å². The number of rotatable bonds is 7. The van der Waals surface area contributed by atoms with Crippen molar-refractivity contribution in [2.75, 3.05) is 19.9 Å². The molecule has 0 aliphatic carbocycles. The third kappa shape index (κ3) is 5.18. The highest BCUT2D eigenvalue weighted by Gasteiger charge is 2.29. The number of esters is 1. The van der Waals surface area contributed by atoms with E-state index in [1.54, 1.807) is 31.2 Å². The predicted octanol–water partition coefficient (Wildman–Crippen LogP) is 2.76. The summed E-state index contributed by atoms with van der Waals surface area (Å²) in [4.78, 5) is 25.2. The number of hydrogen-bond donors (Lipinski definition) is 1. The Morgan fingerprint density at radius 1 is 1.06 bits per heavy atom. The molecule has 2 heterocycles. The molecule has 1 N–H and O–H groups in total. The van der Waals surface area contributed by atoms with E-state index in [9.17, 15) is 18.0 Å². The SMILES string of the molecule is Cc1ccc(C(=O)OC(C)C(=O)NCc2ccc3c(c2)OCO3)cc1S(=O)(=O)N1CCCCC1. The van der Waals surface area contributed by atoms with Gasteiger partial charge in [-0.15, -0.1) is 0 Å². The van der Waals surface area contributed by atoms with Gasteiger partial charge in [0.15, 0.2) is 17.6 Å². The zero-order chi connectivity index (χ0) is 24.3. The minimum atomic E-state index is -3.71. The first kappa shape index (κ1) is 24.0. The van der Waals surface area contributed by atoms with Crippen molar-refractivity contribution in [3.8, 4) is 11.5 Å². The van der Waals surface area contributed by atoms with Gasteiger partial charge in [-0.2, -0.15) is 4.31 Å². The van der Waals surface area contributed by atoms with Crippen LogP contribution in [0.2, 0.25) is 0 Å². The molecule has 2 aromatic rings. The molecule has 34 heavy (non-hydrogen) atoms. The van der Waals surface area contributed by atoms with Gasteiger partial charge in [0.25, 0.3) is 5.91 Å². The van der Waals surface area contributed by atoms with Crippen molar-refractivity contribution in [3.05, 3.63) is 53.1 Å². The molecule has 9 nitrogen and oxygen atoms in total. The second-order valence-corrected chi connectivity index (χ2v) is 10.3. The van der Waals surface area contributed by atoms with E-state index >= 15 is 0 Å². The van der Waals surface area contributed by atoms with Crippen LogP contribution in [0.15, 0.2) is 41.3 Å². The Balaban J connectivity index is 1.38. The van der Waals surface area contributed by atoms with Crippen LogP contribution in [0, 0.1) is 6.92 Å². The zero-order valence-electron chi connectivity index (χ0n) is 19.2. The van der Waals surface area contributed by atoms with Crippen LogP contribution in [0.5, 0.6) is 11.5 Å². The number of fused-ring (bicyclic) bond motifs is 1. The number of hydrogen-bond acceptors (Lipinski definition) is 7. The first-order valence-electron chi connectivity index (χ1n) is 11.2. The van der Waals surface area contributed by atoms with Crippen LogP contribution in [0.25, 0.3) is 0 Å². The van der Waals surface area contributed by atoms with Gasteiger partial charge in [0.05, 0.1) is 10.5 Å². The molecule has 2 aliphatic heterocycles. The lowest BCUT2D eigenvalue weighted by Gasteiger charge is -2.26. The highest BCUT2D eigenvalue weighted by atomic mass is 32.2. The van der Waals surface area contributed by atoms with Gasteiger partial charge in [-0.1, -0.05) is 18.6 Å². The molecule has 2 aliphatic rings. The molecule has 0 radical (unpaired) electrons. The molecule has 0 saturated carbocycles. The molecular weight excluding hydrogens is 460 g/mol. The summed E-state index contributed by atoms with van der Waals surface area (Å²) in [6.07, 6.45) is 1.58. The average molecular weight is 489 g/mol. The fourth-order valence-electron chi connectivity index (χ4n) is 3.92. The van der Waals surface area contributed by atoms with Crippen molar-refractivity contribution in [1.29, 1.82) is 0 Å². The minimum absolute atomic E-state index is 0.0802. The Hall–Kier alpha value is -3.11. The topological polar surface area (TPSA) is 111 Å². The molecule has 0 bridgehead atoms. The van der Waals surface area contributed by atoms with Crippen LogP contribution in [0.3, 0.4) is 0 Å². The van der Waals surface area contributed by atoms with Crippen molar-refractivity contribution < 1.29 is 32.2 Å². The van der Waals surface area contributed by atoms with Gasteiger partial charge in [-0.3, -0.25) is 4.79 Å². The van der Waals surface area contributed by atoms with E-state index in [-0.39, 0.29) is 23.8 Å². The van der Waals surface area contributed by atoms with Crippen LogP contribution in [0.1, 0.15) is 47.7 Å². The summed E-state index contributed by atoms with van der Waals surface area (Å²) >= 11 is 0. The van der Waals surface area contributed by atoms with E-state index in [2.05, 4.69) is 5.32 Å². The summed E-state index contributed by atoms with van der Waals surface area (Å²) < 4.78 is 43.6. The molecule has 1 saturated heterocycles. The number of aryl methyl sites for hydroxylation is 1. The number of amides is 1. The third-order valence-electron chi connectivity index (χ3n) is 5.91. The van der Waals surface area contributed by atoms with E-state index in [1.165, 1.54) is 23.4 Å². The van der Waals surface area contributed by atoms with E-state index in [0.717, 1.165) is 24.8 Å². The number of carbonyl (C=O) groups excluding carboxylic acids is 2. The van der Waals surface area contributed by atoms with Gasteiger partial charge < -0.3 is 19.5 Å². The molecule has 182 valence electrons. The Morgan fingerprint density at radius 2 is 1.79 bits per heavy atom. The molecule has 0 spiro atoms. The molecule has 2 aromatic carbocycles. The van der Waals surface area contributed by atoms with Crippen LogP contribution in [-0.2, 0) is 26.1 Å². The number of benzene rings is 2. The molecule has 10 heteroatoms. The predicted molar refractivity (Wildman–Crippen MR) is 123 cm³/mol. The number of nitrogens with one attached hydrogen (secondary N) is 1. The summed E-state index contributed by atoms with van der Waals surface area (Å²) in [6.45, 7) is 4.48. The molecule has 1 unspecified atom stereocenters. The number of sulfonamides is 1. The molecule has 1 amide bonds. The van der Waals surface area contributed by atoms with Crippen molar-refractivity contribution in [1.82, 2.24) is 9.62 Å². The second kappa shape index (κ2) is 10.0. The summed E-state index contributed by atoms with van der Waals surface area (Å²) in [7, 11) is -3.71. The first-order valence-corrected chi connectivity index (χ1v) is 12.7. The Bertz CT molecular complexity index is 1190. The van der Waals surface area contributed by atoms with Gasteiger partial charge in [-0.05, 0) is 62.1 Å². The molecular formula is C24H28N2O7S. The van der Waals surface area contributed by atoms with Gasteiger partial charge in [0.2, 0.25) is 16.8 Å². The quantitative estimate of drug-likeness (QED) is 0.597. The van der Waals surface area contributed by atoms with Gasteiger partial charge in [0.1, 0.15) is 0 Å². The third-order valence-corrected chi connectivity index (χ3v) is 7.95. The largest absolute Gasteiger partial charge is 0.454 e. The second-order valence-electron chi connectivity index (χ2n) is 8.40. The number of nitrogens with zero attached hydrogens (tertiary/aromatic N) is 1. The van der Waals surface area contributed by atoms with Crippen LogP contribution < -0.4 is 14.8 Å². The van der Waals surface area contributed by atoms with Crippen LogP contribution in [-0.4, -0.2) is 50.6 Å². The fraction of sp³-hybridized carbons (Fsp3) is 0.417. The molecule has 1 fully saturated rings. The van der Waals surface area contributed by atoms with E-state index < -0.39 is 28.0 Å². The lowest BCUT2D eigenvalue weighted by Crippen LogP contribution is -2.36.